The molecular weight excluding hydrogens is 417 g/mol. The van der Waals surface area contributed by atoms with Gasteiger partial charge >= 0.3 is 0 Å². The van der Waals surface area contributed by atoms with Crippen molar-refractivity contribution < 1.29 is 18.3 Å². The molecule has 1 amide bonds. The van der Waals surface area contributed by atoms with Gasteiger partial charge in [0.1, 0.15) is 21.9 Å². The third kappa shape index (κ3) is 3.98. The van der Waals surface area contributed by atoms with E-state index < -0.39 is 26.7 Å². The summed E-state index contributed by atoms with van der Waals surface area (Å²) in [6.07, 6.45) is 0. The third-order valence-corrected chi connectivity index (χ3v) is 8.25. The average Bonchev–Trinajstić information content (AvgIpc) is 2.62. The molecule has 6 nitrogen and oxygen atoms in total. The van der Waals surface area contributed by atoms with Crippen molar-refractivity contribution >= 4 is 39.6 Å². The Kier molecular flexibility index (Phi) is 5.42. The molecule has 2 aromatic rings. The number of hydrogen-bond acceptors (Lipinski definition) is 5. The highest BCUT2D eigenvalue weighted by Crippen LogP contribution is 2.59. The number of nitrogens with one attached hydrogen (secondary N) is 1. The third-order valence-electron chi connectivity index (χ3n) is 5.19. The summed E-state index contributed by atoms with van der Waals surface area (Å²) < 4.78 is 34.8. The standard InChI is InChI=1S/C20H23ClFN3O3S/c1-19(2)18(23)25-20(3,11-29(19,27)28)15-10-14(8-9-16(15)22)24-17(26)12-4-6-13(21)7-5-12/h4-10,27-28H,11H2,1-3H3,(H2,23,25)(H,24,26)/t20-/m0/s1. The van der Waals surface area contributed by atoms with Crippen molar-refractivity contribution in [3.05, 3.63) is 64.4 Å². The number of amidine groups is 1. The second-order valence-electron chi connectivity index (χ2n) is 7.75. The zero-order valence-electron chi connectivity index (χ0n) is 16.2. The van der Waals surface area contributed by atoms with E-state index in [1.165, 1.54) is 18.2 Å². The van der Waals surface area contributed by atoms with Crippen molar-refractivity contribution in [3.63, 3.8) is 0 Å². The van der Waals surface area contributed by atoms with Gasteiger partial charge in [0.15, 0.2) is 0 Å². The number of nitrogens with zero attached hydrogens (tertiary/aromatic N) is 1. The van der Waals surface area contributed by atoms with Crippen LogP contribution in [0, 0.1) is 5.82 Å². The smallest absolute Gasteiger partial charge is 0.255 e. The summed E-state index contributed by atoms with van der Waals surface area (Å²) in [6.45, 7) is 4.78. The van der Waals surface area contributed by atoms with Gasteiger partial charge in [-0.25, -0.2) is 4.39 Å². The molecule has 3 rings (SSSR count). The molecule has 1 heterocycles. The number of hydrogen-bond donors (Lipinski definition) is 4. The van der Waals surface area contributed by atoms with E-state index in [9.17, 15) is 18.3 Å². The van der Waals surface area contributed by atoms with E-state index >= 15 is 0 Å². The quantitative estimate of drug-likeness (QED) is 0.548. The highest BCUT2D eigenvalue weighted by atomic mass is 35.5. The Morgan fingerprint density at radius 2 is 1.83 bits per heavy atom. The predicted octanol–water partition coefficient (Wildman–Crippen LogP) is 4.85. The van der Waals surface area contributed by atoms with Crippen molar-refractivity contribution in [2.24, 2.45) is 10.7 Å². The largest absolute Gasteiger partial charge is 0.386 e. The van der Waals surface area contributed by atoms with Gasteiger partial charge in [0.25, 0.3) is 5.91 Å². The Morgan fingerprint density at radius 3 is 2.41 bits per heavy atom. The number of benzene rings is 2. The van der Waals surface area contributed by atoms with Gasteiger partial charge < -0.3 is 11.1 Å². The number of rotatable bonds is 3. The Morgan fingerprint density at radius 1 is 1.21 bits per heavy atom. The fraction of sp³-hybridized carbons (Fsp3) is 0.300. The summed E-state index contributed by atoms with van der Waals surface area (Å²) in [5, 5.41) is 3.21. The molecule has 0 spiro atoms. The van der Waals surface area contributed by atoms with Crippen LogP contribution in [-0.2, 0) is 5.54 Å². The van der Waals surface area contributed by atoms with E-state index in [4.69, 9.17) is 17.3 Å². The molecule has 0 fully saturated rings. The maximum Gasteiger partial charge on any atom is 0.255 e. The Bertz CT molecular complexity index is 995. The molecule has 0 bridgehead atoms. The number of carbonyl (C=O) groups is 1. The Hall–Kier alpha value is -2.13. The van der Waals surface area contributed by atoms with E-state index in [1.807, 2.05) is 0 Å². The normalized spacial score (nSPS) is 23.8. The lowest BCUT2D eigenvalue weighted by Crippen LogP contribution is -2.52. The first-order valence-corrected chi connectivity index (χ1v) is 10.9. The zero-order valence-corrected chi connectivity index (χ0v) is 17.8. The maximum atomic E-state index is 14.7. The van der Waals surface area contributed by atoms with E-state index in [0.29, 0.717) is 16.3 Å². The topological polar surface area (TPSA) is 108 Å². The number of halogens is 2. The molecule has 0 radical (unpaired) electrons. The molecule has 5 N–H and O–H groups in total. The van der Waals surface area contributed by atoms with Crippen molar-refractivity contribution in [2.75, 3.05) is 11.1 Å². The second-order valence-corrected chi connectivity index (χ2v) is 10.8. The molecule has 29 heavy (non-hydrogen) atoms. The summed E-state index contributed by atoms with van der Waals surface area (Å²) in [4.78, 5) is 16.9. The monoisotopic (exact) mass is 439 g/mol. The van der Waals surface area contributed by atoms with Crippen LogP contribution in [0.2, 0.25) is 5.02 Å². The van der Waals surface area contributed by atoms with Gasteiger partial charge in [0, 0.05) is 21.8 Å². The number of aliphatic imine (C=N–C) groups is 1. The molecule has 156 valence electrons. The van der Waals surface area contributed by atoms with E-state index in [2.05, 4.69) is 10.3 Å². The molecular formula is C20H23ClFN3O3S. The molecule has 0 saturated heterocycles. The molecule has 1 atom stereocenters. The first-order chi connectivity index (χ1) is 13.4. The Balaban J connectivity index is 1.96. The fourth-order valence-electron chi connectivity index (χ4n) is 3.13. The van der Waals surface area contributed by atoms with E-state index in [-0.39, 0.29) is 23.1 Å². The fourth-order valence-corrected chi connectivity index (χ4v) is 5.00. The van der Waals surface area contributed by atoms with Crippen LogP contribution in [0.3, 0.4) is 0 Å². The predicted molar refractivity (Wildman–Crippen MR) is 117 cm³/mol. The Labute approximate surface area is 175 Å². The maximum absolute atomic E-state index is 14.7. The first-order valence-electron chi connectivity index (χ1n) is 8.84. The van der Waals surface area contributed by atoms with Gasteiger partial charge in [-0.1, -0.05) is 11.6 Å². The molecule has 0 aliphatic carbocycles. The summed E-state index contributed by atoms with van der Waals surface area (Å²) >= 11 is 5.84. The van der Waals surface area contributed by atoms with Gasteiger partial charge in [0.2, 0.25) is 0 Å². The van der Waals surface area contributed by atoms with Gasteiger partial charge in [-0.05, 0) is 63.2 Å². The van der Waals surface area contributed by atoms with Crippen LogP contribution in [0.4, 0.5) is 10.1 Å². The molecule has 1 aliphatic rings. The van der Waals surface area contributed by atoms with Crippen LogP contribution >= 0.6 is 22.2 Å². The molecule has 9 heteroatoms. The summed E-state index contributed by atoms with van der Waals surface area (Å²) in [6, 6.07) is 10.4. The number of amides is 1. The van der Waals surface area contributed by atoms with Crippen molar-refractivity contribution in [1.82, 2.24) is 0 Å². The van der Waals surface area contributed by atoms with Crippen molar-refractivity contribution in [3.8, 4) is 0 Å². The van der Waals surface area contributed by atoms with Crippen LogP contribution in [0.1, 0.15) is 36.7 Å². The lowest BCUT2D eigenvalue weighted by Gasteiger charge is -2.53. The summed E-state index contributed by atoms with van der Waals surface area (Å²) in [7, 11) is -3.19. The lowest BCUT2D eigenvalue weighted by atomic mass is 9.92. The van der Waals surface area contributed by atoms with Crippen molar-refractivity contribution in [1.29, 1.82) is 0 Å². The lowest BCUT2D eigenvalue weighted by molar-refractivity contribution is 0.102. The number of carbonyl (C=O) groups excluding carboxylic acids is 1. The summed E-state index contributed by atoms with van der Waals surface area (Å²) in [5.41, 5.74) is 5.57. The molecule has 1 aliphatic heterocycles. The first kappa shape index (κ1) is 21.6. The highest BCUT2D eigenvalue weighted by molar-refractivity contribution is 8.26. The number of nitrogens with two attached hydrogens (primary N) is 1. The SMILES string of the molecule is CC1(C)C(N)=N[C@](C)(c2cc(NC(=O)c3ccc(Cl)cc3)ccc2F)CS1(O)O. The highest BCUT2D eigenvalue weighted by Gasteiger charge is 2.49. The number of anilines is 1. The van der Waals surface area contributed by atoms with E-state index in [1.54, 1.807) is 45.0 Å². The molecule has 0 unspecified atom stereocenters. The van der Waals surface area contributed by atoms with Gasteiger partial charge in [-0.15, -0.1) is 0 Å². The minimum absolute atomic E-state index is 0.0428. The minimum atomic E-state index is -3.19. The molecule has 0 aromatic heterocycles. The minimum Gasteiger partial charge on any atom is -0.386 e. The van der Waals surface area contributed by atoms with Gasteiger partial charge in [-0.2, -0.15) is 10.6 Å². The van der Waals surface area contributed by atoms with Gasteiger partial charge in [0.05, 0.1) is 5.75 Å². The van der Waals surface area contributed by atoms with Crippen LogP contribution < -0.4 is 11.1 Å². The average molecular weight is 440 g/mol. The van der Waals surface area contributed by atoms with Crippen LogP contribution in [0.25, 0.3) is 0 Å². The van der Waals surface area contributed by atoms with E-state index in [0.717, 1.165) is 0 Å². The summed E-state index contributed by atoms with van der Waals surface area (Å²) in [5.74, 6) is -1.11. The zero-order chi connectivity index (χ0) is 21.6. The van der Waals surface area contributed by atoms with Crippen LogP contribution in [-0.4, -0.2) is 31.3 Å². The van der Waals surface area contributed by atoms with Gasteiger partial charge in [-0.3, -0.25) is 18.9 Å². The second kappa shape index (κ2) is 7.28. The molecule has 0 saturated carbocycles. The van der Waals surface area contributed by atoms with Crippen LogP contribution in [0.15, 0.2) is 47.5 Å². The molecule has 2 aromatic carbocycles. The van der Waals surface area contributed by atoms with Crippen molar-refractivity contribution in [2.45, 2.75) is 31.1 Å². The van der Waals surface area contributed by atoms with Crippen LogP contribution in [0.5, 0.6) is 0 Å².